The molecule has 0 radical (unpaired) electrons. The molecule has 34 heavy (non-hydrogen) atoms. The Balaban J connectivity index is 1.82. The van der Waals surface area contributed by atoms with Gasteiger partial charge in [0.15, 0.2) is 12.4 Å². The normalized spacial score (nSPS) is 15.7. The third-order valence-corrected chi connectivity index (χ3v) is 6.45. The first kappa shape index (κ1) is 23.9. The van der Waals surface area contributed by atoms with Crippen LogP contribution in [0, 0.1) is 5.21 Å². The number of carbonyl (C=O) groups excluding carboxylic acids is 1. The van der Waals surface area contributed by atoms with Crippen molar-refractivity contribution in [3.63, 3.8) is 0 Å². The largest absolute Gasteiger partial charge is 0.619 e. The summed E-state index contributed by atoms with van der Waals surface area (Å²) in [5.41, 5.74) is 8.46. The maximum absolute atomic E-state index is 13.6. The molecule has 1 aliphatic rings. The number of hydrogen-bond donors (Lipinski definition) is 1. The molecule has 2 aromatic heterocycles. The molecule has 0 fully saturated rings. The molecule has 178 valence electrons. The Hall–Kier alpha value is -3.23. The van der Waals surface area contributed by atoms with Crippen molar-refractivity contribution in [1.29, 1.82) is 0 Å². The summed E-state index contributed by atoms with van der Waals surface area (Å²) in [7, 11) is 0. The van der Waals surface area contributed by atoms with E-state index in [1.807, 2.05) is 37.3 Å². The highest BCUT2D eigenvalue weighted by Gasteiger charge is 2.32. The highest BCUT2D eigenvalue weighted by molar-refractivity contribution is 6.21. The number of pyridine rings is 1. The number of halogens is 1. The first-order chi connectivity index (χ1) is 16.4. The van der Waals surface area contributed by atoms with Gasteiger partial charge in [-0.2, -0.15) is 4.73 Å². The molecule has 2 N–H and O–H groups in total. The van der Waals surface area contributed by atoms with E-state index in [4.69, 9.17) is 22.3 Å². The van der Waals surface area contributed by atoms with Gasteiger partial charge in [-0.3, -0.25) is 14.2 Å². The molecule has 1 aromatic carbocycles. The Labute approximate surface area is 203 Å². The second kappa shape index (κ2) is 10.4. The molecular weight excluding hydrogens is 454 g/mol. The van der Waals surface area contributed by atoms with E-state index in [0.29, 0.717) is 53.2 Å². The van der Waals surface area contributed by atoms with Gasteiger partial charge < -0.3 is 15.8 Å². The van der Waals surface area contributed by atoms with Crippen molar-refractivity contribution in [2.45, 2.75) is 44.1 Å². The molecule has 0 saturated carbocycles. The van der Waals surface area contributed by atoms with Gasteiger partial charge >= 0.3 is 0 Å². The molecule has 2 heterocycles. The van der Waals surface area contributed by atoms with Crippen LogP contribution in [0.1, 0.15) is 52.4 Å². The van der Waals surface area contributed by atoms with E-state index < -0.39 is 6.04 Å². The Morgan fingerprint density at radius 3 is 2.62 bits per heavy atom. The number of nitrogens with two attached hydrogens (primary N) is 1. The van der Waals surface area contributed by atoms with Crippen molar-refractivity contribution >= 4 is 17.5 Å². The molecule has 4 rings (SSSR count). The van der Waals surface area contributed by atoms with E-state index in [2.05, 4.69) is 0 Å². The third-order valence-electron chi connectivity index (χ3n) is 6.14. The van der Waals surface area contributed by atoms with Crippen LogP contribution in [0.3, 0.4) is 0 Å². The lowest BCUT2D eigenvalue weighted by Crippen LogP contribution is -2.42. The summed E-state index contributed by atoms with van der Waals surface area (Å²) >= 11 is 6.39. The lowest BCUT2D eigenvalue weighted by molar-refractivity contribution is -0.605. The quantitative estimate of drug-likeness (QED) is 0.301. The summed E-state index contributed by atoms with van der Waals surface area (Å²) in [6.45, 7) is 2.81. The first-order valence-electron chi connectivity index (χ1n) is 11.4. The van der Waals surface area contributed by atoms with Gasteiger partial charge in [0, 0.05) is 42.6 Å². The highest BCUT2D eigenvalue weighted by atomic mass is 35.5. The van der Waals surface area contributed by atoms with Crippen molar-refractivity contribution < 1.29 is 9.52 Å². The van der Waals surface area contributed by atoms with Crippen molar-refractivity contribution in [2.24, 2.45) is 5.73 Å². The smallest absolute Gasteiger partial charge is 0.257 e. The minimum atomic E-state index is -0.480. The second-order valence-corrected chi connectivity index (χ2v) is 9.05. The van der Waals surface area contributed by atoms with E-state index in [0.717, 1.165) is 5.56 Å². The number of fused-ring (bicyclic) bond motifs is 1. The van der Waals surface area contributed by atoms with Gasteiger partial charge in [0.2, 0.25) is 0 Å². The van der Waals surface area contributed by atoms with Crippen LogP contribution in [0.5, 0.6) is 0 Å². The lowest BCUT2D eigenvalue weighted by Gasteiger charge is -2.32. The second-order valence-electron chi connectivity index (χ2n) is 8.44. The number of nitrogens with zero attached hydrogens (tertiary/aromatic N) is 4. The van der Waals surface area contributed by atoms with Gasteiger partial charge in [0.1, 0.15) is 5.82 Å². The SMILES string of the molecule is CCC(c1nc2c(c(=O)n1Cc1ccccc1)CC(Cl)C2)N(CCN)C(=O)c1cc[n+]([O-])cc1. The van der Waals surface area contributed by atoms with Crippen molar-refractivity contribution in [3.05, 3.63) is 98.6 Å². The molecule has 1 aliphatic carbocycles. The molecule has 1 amide bonds. The van der Waals surface area contributed by atoms with Gasteiger partial charge in [-0.05, 0) is 18.4 Å². The van der Waals surface area contributed by atoms with E-state index in [1.165, 1.54) is 24.5 Å². The van der Waals surface area contributed by atoms with Gasteiger partial charge in [-0.1, -0.05) is 37.3 Å². The number of hydrogen-bond acceptors (Lipinski definition) is 5. The molecule has 9 heteroatoms. The van der Waals surface area contributed by atoms with Crippen LogP contribution in [-0.2, 0) is 19.4 Å². The van der Waals surface area contributed by atoms with E-state index in [1.54, 1.807) is 9.47 Å². The monoisotopic (exact) mass is 481 g/mol. The Bertz CT molecular complexity index is 1210. The fourth-order valence-corrected chi connectivity index (χ4v) is 4.81. The summed E-state index contributed by atoms with van der Waals surface area (Å²) in [4.78, 5) is 33.7. The summed E-state index contributed by atoms with van der Waals surface area (Å²) in [5, 5.41) is 11.3. The molecule has 2 unspecified atom stereocenters. The zero-order chi connectivity index (χ0) is 24.2. The van der Waals surface area contributed by atoms with Crippen molar-refractivity contribution in [1.82, 2.24) is 14.5 Å². The Morgan fingerprint density at radius 2 is 1.97 bits per heavy atom. The standard InChI is InChI=1S/C25H28ClN5O3/c1-2-22(30(13-10-27)24(32)18-8-11-29(34)12-9-18)23-28-21-15-19(26)14-20(21)25(33)31(23)16-17-6-4-3-5-7-17/h3-9,11-12,19,22H,2,10,13-16,27H2,1H3. The zero-order valence-electron chi connectivity index (χ0n) is 19.1. The Kier molecular flexibility index (Phi) is 7.29. The topological polar surface area (TPSA) is 108 Å². The van der Waals surface area contributed by atoms with Crippen LogP contribution in [0.2, 0.25) is 0 Å². The molecule has 3 aromatic rings. The van der Waals surface area contributed by atoms with Crippen LogP contribution in [0.25, 0.3) is 0 Å². The van der Waals surface area contributed by atoms with Crippen LogP contribution in [0.4, 0.5) is 0 Å². The van der Waals surface area contributed by atoms with E-state index >= 15 is 0 Å². The molecule has 8 nitrogen and oxygen atoms in total. The van der Waals surface area contributed by atoms with Crippen LogP contribution in [0.15, 0.2) is 59.7 Å². The van der Waals surface area contributed by atoms with Crippen molar-refractivity contribution in [2.75, 3.05) is 13.1 Å². The summed E-state index contributed by atoms with van der Waals surface area (Å²) in [5.74, 6) is 0.256. The van der Waals surface area contributed by atoms with E-state index in [-0.39, 0.29) is 29.9 Å². The van der Waals surface area contributed by atoms with Crippen LogP contribution in [-0.4, -0.2) is 38.8 Å². The minimum Gasteiger partial charge on any atom is -0.619 e. The molecule has 0 saturated heterocycles. The van der Waals surface area contributed by atoms with Crippen LogP contribution < -0.4 is 16.0 Å². The maximum atomic E-state index is 13.6. The Morgan fingerprint density at radius 1 is 1.26 bits per heavy atom. The van der Waals surface area contributed by atoms with Crippen LogP contribution >= 0.6 is 11.6 Å². The first-order valence-corrected chi connectivity index (χ1v) is 11.9. The average Bonchev–Trinajstić information content (AvgIpc) is 3.22. The predicted octanol–water partition coefficient (Wildman–Crippen LogP) is 2.18. The molecule has 0 bridgehead atoms. The number of carbonyl (C=O) groups is 1. The lowest BCUT2D eigenvalue weighted by atomic mass is 10.1. The van der Waals surface area contributed by atoms with Crippen molar-refractivity contribution in [3.8, 4) is 0 Å². The predicted molar refractivity (Wildman–Crippen MR) is 130 cm³/mol. The maximum Gasteiger partial charge on any atom is 0.257 e. The highest BCUT2D eigenvalue weighted by Crippen LogP contribution is 2.28. The van der Waals surface area contributed by atoms with Gasteiger partial charge in [-0.15, -0.1) is 11.6 Å². The molecule has 2 atom stereocenters. The summed E-state index contributed by atoms with van der Waals surface area (Å²) < 4.78 is 2.30. The zero-order valence-corrected chi connectivity index (χ0v) is 19.8. The molecular formula is C25H28ClN5O3. The number of rotatable bonds is 8. The summed E-state index contributed by atoms with van der Waals surface area (Å²) in [6, 6.07) is 12.2. The number of benzene rings is 1. The van der Waals surface area contributed by atoms with Gasteiger partial charge in [-0.25, -0.2) is 4.98 Å². The summed E-state index contributed by atoms with van der Waals surface area (Å²) in [6.07, 6.45) is 4.11. The molecule has 0 spiro atoms. The number of aromatic nitrogens is 3. The number of amides is 1. The number of alkyl halides is 1. The third kappa shape index (κ3) is 4.83. The van der Waals surface area contributed by atoms with Gasteiger partial charge in [0.25, 0.3) is 11.5 Å². The van der Waals surface area contributed by atoms with Gasteiger partial charge in [0.05, 0.1) is 23.8 Å². The molecule has 0 aliphatic heterocycles. The van der Waals surface area contributed by atoms with E-state index in [9.17, 15) is 14.8 Å². The minimum absolute atomic E-state index is 0.113. The fourth-order valence-electron chi connectivity index (χ4n) is 4.51. The fraction of sp³-hybridized carbons (Fsp3) is 0.360. The average molecular weight is 482 g/mol.